The molecule has 0 unspecified atom stereocenters. The predicted molar refractivity (Wildman–Crippen MR) is 268 cm³/mol. The van der Waals surface area contributed by atoms with Crippen LogP contribution < -0.4 is 0 Å². The van der Waals surface area contributed by atoms with E-state index in [-0.39, 0.29) is 5.69 Å². The van der Waals surface area contributed by atoms with Crippen LogP contribution in [0, 0.1) is 11.3 Å². The summed E-state index contributed by atoms with van der Waals surface area (Å²) in [5.74, 6) is 0. The van der Waals surface area contributed by atoms with Crippen molar-refractivity contribution in [3.05, 3.63) is 230 Å². The van der Waals surface area contributed by atoms with Crippen LogP contribution in [0.15, 0.2) is 219 Å². The number of hydrogen-bond donors (Lipinski definition) is 0. The molecule has 0 aliphatic heterocycles. The Hall–Kier alpha value is -9.06. The maximum atomic E-state index is 16.1. The number of para-hydroxylation sites is 2. The Labute approximate surface area is 388 Å². The number of hydrogen-bond acceptors (Lipinski definition) is 3. The Kier molecular flexibility index (Phi) is 9.59. The summed E-state index contributed by atoms with van der Waals surface area (Å²) < 4.78 is 52.0. The molecule has 0 amide bonds. The molecular weight excluding hydrogens is 848 g/mol. The Morgan fingerprint density at radius 1 is 0.382 bits per heavy atom. The monoisotopic (exact) mass is 883 g/mol. The number of aromatic nitrogens is 4. The molecule has 5 nitrogen and oxygen atoms in total. The molecule has 4 aromatic heterocycles. The molecule has 0 aliphatic rings. The number of rotatable bonds is 7. The van der Waals surface area contributed by atoms with Crippen LogP contribution in [0.25, 0.3) is 111 Å². The highest BCUT2D eigenvalue weighted by Gasteiger charge is 2.37. The third-order valence-corrected chi connectivity index (χ3v) is 12.9. The number of alkyl halides is 3. The third-order valence-electron chi connectivity index (χ3n) is 12.9. The van der Waals surface area contributed by atoms with Gasteiger partial charge in [-0.05, 0) is 113 Å². The van der Waals surface area contributed by atoms with E-state index in [4.69, 9.17) is 0 Å². The molecule has 12 aromatic rings. The highest BCUT2D eigenvalue weighted by Crippen LogP contribution is 2.46. The third kappa shape index (κ3) is 6.88. The highest BCUT2D eigenvalue weighted by molar-refractivity contribution is 6.12. The van der Waals surface area contributed by atoms with E-state index >= 15 is 13.2 Å². The molecule has 0 radical (unpaired) electrons. The zero-order valence-electron chi connectivity index (χ0n) is 36.2. The quantitative estimate of drug-likeness (QED) is 0.160. The molecule has 4 heterocycles. The lowest BCUT2D eigenvalue weighted by atomic mass is 9.97. The smallest absolute Gasteiger partial charge is 0.309 e. The van der Waals surface area contributed by atoms with Crippen LogP contribution in [0.2, 0.25) is 0 Å². The molecule has 322 valence electrons. The summed E-state index contributed by atoms with van der Waals surface area (Å²) in [5, 5.41) is 13.5. The molecule has 0 fully saturated rings. The lowest BCUT2D eigenvalue weighted by Crippen LogP contribution is -2.13. The molecule has 0 N–H and O–H groups in total. The van der Waals surface area contributed by atoms with E-state index in [1.54, 1.807) is 41.2 Å². The normalized spacial score (nSPS) is 11.7. The van der Waals surface area contributed by atoms with Gasteiger partial charge in [0.15, 0.2) is 0 Å². The summed E-state index contributed by atoms with van der Waals surface area (Å²) in [4.78, 5) is 9.26. The second kappa shape index (κ2) is 16.1. The predicted octanol–water partition coefficient (Wildman–Crippen LogP) is 15.9. The van der Waals surface area contributed by atoms with Gasteiger partial charge in [0.05, 0.1) is 62.0 Å². The number of fused-ring (bicyclic) bond motifs is 6. The van der Waals surface area contributed by atoms with E-state index in [0.29, 0.717) is 33.4 Å². The molecule has 0 saturated heterocycles. The topological polar surface area (TPSA) is 59.4 Å². The van der Waals surface area contributed by atoms with Crippen molar-refractivity contribution in [2.45, 2.75) is 6.18 Å². The first-order valence-corrected chi connectivity index (χ1v) is 22.2. The molecule has 0 bridgehead atoms. The van der Waals surface area contributed by atoms with Crippen LogP contribution in [0.3, 0.4) is 0 Å². The van der Waals surface area contributed by atoms with E-state index in [0.717, 1.165) is 77.3 Å². The number of benzene rings is 8. The first kappa shape index (κ1) is 40.4. The van der Waals surface area contributed by atoms with Gasteiger partial charge in [0.25, 0.3) is 0 Å². The van der Waals surface area contributed by atoms with Gasteiger partial charge in [-0.1, -0.05) is 121 Å². The summed E-state index contributed by atoms with van der Waals surface area (Å²) in [5.41, 5.74) is 11.2. The average Bonchev–Trinajstić information content (AvgIpc) is 3.90. The Morgan fingerprint density at radius 2 is 0.853 bits per heavy atom. The maximum Gasteiger partial charge on any atom is 0.418 e. The molecule has 8 aromatic carbocycles. The summed E-state index contributed by atoms with van der Waals surface area (Å²) in [6, 6.07) is 67.6. The van der Waals surface area contributed by atoms with Gasteiger partial charge in [-0.2, -0.15) is 18.4 Å². The minimum atomic E-state index is -4.77. The van der Waals surface area contributed by atoms with Crippen LogP contribution in [0.1, 0.15) is 11.1 Å². The first-order chi connectivity index (χ1) is 33.3. The van der Waals surface area contributed by atoms with Gasteiger partial charge in [-0.3, -0.25) is 9.97 Å². The van der Waals surface area contributed by atoms with Crippen molar-refractivity contribution in [1.29, 1.82) is 5.26 Å². The fraction of sp³-hybridized carbons (Fsp3) is 0.0167. The minimum absolute atomic E-state index is 0.0252. The fourth-order valence-electron chi connectivity index (χ4n) is 9.74. The van der Waals surface area contributed by atoms with E-state index in [9.17, 15) is 5.26 Å². The number of nitrogens with zero attached hydrogens (tertiary/aromatic N) is 5. The van der Waals surface area contributed by atoms with Gasteiger partial charge in [0.1, 0.15) is 0 Å². The van der Waals surface area contributed by atoms with Crippen LogP contribution in [-0.2, 0) is 6.18 Å². The molecule has 0 atom stereocenters. The van der Waals surface area contributed by atoms with Crippen molar-refractivity contribution in [2.24, 2.45) is 0 Å². The summed E-state index contributed by atoms with van der Waals surface area (Å²) in [7, 11) is 0. The van der Waals surface area contributed by atoms with Gasteiger partial charge in [0, 0.05) is 50.6 Å². The second-order valence-corrected chi connectivity index (χ2v) is 16.8. The van der Waals surface area contributed by atoms with Crippen molar-refractivity contribution in [2.75, 3.05) is 0 Å². The summed E-state index contributed by atoms with van der Waals surface area (Å²) in [6.45, 7) is 0. The van der Waals surface area contributed by atoms with E-state index in [1.807, 2.05) is 162 Å². The lowest BCUT2D eigenvalue weighted by Gasteiger charge is -2.22. The SMILES string of the molecule is N#Cc1cccc(-c2cc(-n3c4ccccc4c4cc(-c5ccnc(-c6ccccc6)c5)ccc43)c(C(F)(F)F)cc2-n2c3ccccc3c3cc(-c4ccnc(-c5ccccc5)c4)ccc32)c1. The summed E-state index contributed by atoms with van der Waals surface area (Å²) in [6.07, 6.45) is -1.20. The zero-order valence-corrected chi connectivity index (χ0v) is 36.2. The maximum absolute atomic E-state index is 16.1. The van der Waals surface area contributed by atoms with Crippen molar-refractivity contribution in [1.82, 2.24) is 19.1 Å². The van der Waals surface area contributed by atoms with Gasteiger partial charge >= 0.3 is 6.18 Å². The first-order valence-electron chi connectivity index (χ1n) is 22.2. The number of pyridine rings is 2. The van der Waals surface area contributed by atoms with Gasteiger partial charge in [-0.25, -0.2) is 0 Å². The van der Waals surface area contributed by atoms with Crippen molar-refractivity contribution >= 4 is 43.6 Å². The van der Waals surface area contributed by atoms with E-state index in [2.05, 4.69) is 34.2 Å². The summed E-state index contributed by atoms with van der Waals surface area (Å²) >= 11 is 0. The Balaban J connectivity index is 1.09. The number of halogens is 3. The molecule has 0 aliphatic carbocycles. The number of nitriles is 1. The van der Waals surface area contributed by atoms with E-state index in [1.165, 1.54) is 6.07 Å². The lowest BCUT2D eigenvalue weighted by molar-refractivity contribution is -0.137. The van der Waals surface area contributed by atoms with Crippen LogP contribution in [0.5, 0.6) is 0 Å². The van der Waals surface area contributed by atoms with Crippen LogP contribution in [-0.4, -0.2) is 19.1 Å². The zero-order chi connectivity index (χ0) is 45.9. The Morgan fingerprint density at radius 3 is 1.38 bits per heavy atom. The highest BCUT2D eigenvalue weighted by atomic mass is 19.4. The van der Waals surface area contributed by atoms with Crippen LogP contribution in [0.4, 0.5) is 13.2 Å². The second-order valence-electron chi connectivity index (χ2n) is 16.8. The van der Waals surface area contributed by atoms with Gasteiger partial charge in [0.2, 0.25) is 0 Å². The molecule has 8 heteroatoms. The van der Waals surface area contributed by atoms with Crippen molar-refractivity contribution < 1.29 is 13.2 Å². The average molecular weight is 884 g/mol. The largest absolute Gasteiger partial charge is 0.418 e. The minimum Gasteiger partial charge on any atom is -0.309 e. The molecule has 12 rings (SSSR count). The van der Waals surface area contributed by atoms with Crippen molar-refractivity contribution in [3.8, 4) is 73.3 Å². The fourth-order valence-corrected chi connectivity index (χ4v) is 9.74. The van der Waals surface area contributed by atoms with Gasteiger partial charge < -0.3 is 9.13 Å². The van der Waals surface area contributed by atoms with Crippen LogP contribution >= 0.6 is 0 Å². The molecule has 0 saturated carbocycles. The van der Waals surface area contributed by atoms with E-state index < -0.39 is 11.7 Å². The Bertz CT molecular complexity index is 3970. The van der Waals surface area contributed by atoms with Crippen molar-refractivity contribution in [3.63, 3.8) is 0 Å². The standard InChI is InChI=1S/C60H36F3N5/c61-60(62,63)51-36-58(67-54-20-9-7-18-46(54)49-31-41(22-24-56(49)67)43-26-28-65-52(33-43)39-13-3-1-4-14-39)48(45-17-11-12-38(30-45)37-64)35-59(51)68-55-21-10-8-19-47(55)50-32-42(23-25-57(50)68)44-27-29-66-53(34-44)40-15-5-2-6-16-40/h1-36H. The molecule has 68 heavy (non-hydrogen) atoms. The molecule has 0 spiro atoms. The molecular formula is C60H36F3N5. The van der Waals surface area contributed by atoms with Gasteiger partial charge in [-0.15, -0.1) is 0 Å².